The maximum absolute atomic E-state index is 12.5. The molecule has 0 aliphatic carbocycles. The van der Waals surface area contributed by atoms with Gasteiger partial charge in [0.05, 0.1) is 16.3 Å². The minimum Gasteiger partial charge on any atom is -0.452 e. The first-order valence-corrected chi connectivity index (χ1v) is 10.6. The van der Waals surface area contributed by atoms with Crippen LogP contribution < -0.4 is 0 Å². The van der Waals surface area contributed by atoms with Crippen LogP contribution in [0.5, 0.6) is 0 Å². The quantitative estimate of drug-likeness (QED) is 0.195. The van der Waals surface area contributed by atoms with Crippen molar-refractivity contribution in [3.63, 3.8) is 0 Å². The molecule has 0 atom stereocenters. The number of amides is 1. The van der Waals surface area contributed by atoms with Crippen LogP contribution in [0.25, 0.3) is 16.8 Å². The van der Waals surface area contributed by atoms with Crippen LogP contribution in [0.1, 0.15) is 24.8 Å². The molecule has 1 amide bonds. The highest BCUT2D eigenvalue weighted by Gasteiger charge is 2.19. The van der Waals surface area contributed by atoms with Gasteiger partial charge < -0.3 is 14.1 Å². The van der Waals surface area contributed by atoms with Crippen LogP contribution in [0, 0.1) is 10.1 Å². The minimum absolute atomic E-state index is 0.0462. The van der Waals surface area contributed by atoms with Crippen molar-refractivity contribution < 1.29 is 23.7 Å². The molecular weight excluding hydrogens is 436 g/mol. The first-order chi connectivity index (χ1) is 15.5. The second kappa shape index (κ2) is 11.0. The van der Waals surface area contributed by atoms with Crippen molar-refractivity contribution in [2.75, 3.05) is 13.2 Å². The monoisotopic (exact) mass is 456 g/mol. The van der Waals surface area contributed by atoms with Crippen molar-refractivity contribution in [2.24, 2.45) is 0 Å². The Hall–Kier alpha value is -3.86. The van der Waals surface area contributed by atoms with E-state index in [2.05, 4.69) is 10.2 Å². The fourth-order valence-electron chi connectivity index (χ4n) is 2.69. The molecule has 0 radical (unpaired) electrons. The third kappa shape index (κ3) is 6.32. The van der Waals surface area contributed by atoms with E-state index in [0.717, 1.165) is 11.0 Å². The van der Waals surface area contributed by atoms with Gasteiger partial charge in [0.2, 0.25) is 5.89 Å². The summed E-state index contributed by atoms with van der Waals surface area (Å²) in [7, 11) is 0. The van der Waals surface area contributed by atoms with Crippen LogP contribution in [0.2, 0.25) is 0 Å². The third-order valence-electron chi connectivity index (χ3n) is 4.22. The zero-order valence-corrected chi connectivity index (χ0v) is 18.0. The van der Waals surface area contributed by atoms with Crippen molar-refractivity contribution in [1.82, 2.24) is 15.1 Å². The molecule has 0 N–H and O–H groups in total. The Morgan fingerprint density at radius 1 is 1.25 bits per heavy atom. The lowest BCUT2D eigenvalue weighted by Gasteiger charge is -2.19. The average molecular weight is 456 g/mol. The number of nitro groups is 1. The number of thiophene rings is 1. The Kier molecular flexibility index (Phi) is 7.81. The van der Waals surface area contributed by atoms with Gasteiger partial charge >= 0.3 is 5.97 Å². The molecule has 0 bridgehead atoms. The molecule has 0 fully saturated rings. The van der Waals surface area contributed by atoms with Gasteiger partial charge in [-0.1, -0.05) is 13.0 Å². The summed E-state index contributed by atoms with van der Waals surface area (Å²) >= 11 is 1.47. The number of nitrogens with zero attached hydrogens (tertiary/aromatic N) is 4. The number of hydrogen-bond donors (Lipinski definition) is 0. The van der Waals surface area contributed by atoms with E-state index in [4.69, 9.17) is 9.15 Å². The Morgan fingerprint density at radius 2 is 2.03 bits per heavy atom. The zero-order valence-electron chi connectivity index (χ0n) is 17.2. The number of ether oxygens (including phenoxy) is 1. The summed E-state index contributed by atoms with van der Waals surface area (Å²) in [5, 5.41) is 20.5. The highest BCUT2D eigenvalue weighted by Crippen LogP contribution is 2.23. The molecule has 1 aromatic carbocycles. The van der Waals surface area contributed by atoms with Gasteiger partial charge in [-0.15, -0.1) is 21.5 Å². The molecule has 0 unspecified atom stereocenters. The highest BCUT2D eigenvalue weighted by atomic mass is 32.1. The number of rotatable bonds is 10. The molecule has 11 heteroatoms. The number of nitro benzene ring substituents is 1. The second-order valence-electron chi connectivity index (χ2n) is 6.58. The second-order valence-corrected chi connectivity index (χ2v) is 7.53. The van der Waals surface area contributed by atoms with Gasteiger partial charge in [0, 0.05) is 24.8 Å². The predicted molar refractivity (Wildman–Crippen MR) is 116 cm³/mol. The SMILES string of the molecule is CCCN(Cc1nnc(-c2cccs2)o1)C(=O)COC(=O)/C=C/c1ccc([N+](=O)[O-])cc1. The molecular formula is C21H20N4O6S. The molecule has 0 aliphatic rings. The molecule has 0 saturated heterocycles. The Balaban J connectivity index is 1.52. The minimum atomic E-state index is -0.703. The van der Waals surface area contributed by atoms with Crippen molar-refractivity contribution in [3.8, 4) is 10.8 Å². The molecule has 0 aliphatic heterocycles. The van der Waals surface area contributed by atoms with Crippen molar-refractivity contribution in [1.29, 1.82) is 0 Å². The van der Waals surface area contributed by atoms with Crippen LogP contribution in [0.3, 0.4) is 0 Å². The van der Waals surface area contributed by atoms with Gasteiger partial charge in [-0.05, 0) is 41.6 Å². The molecule has 0 saturated carbocycles. The van der Waals surface area contributed by atoms with Crippen LogP contribution in [0.4, 0.5) is 5.69 Å². The first-order valence-electron chi connectivity index (χ1n) is 9.69. The lowest BCUT2D eigenvalue weighted by Crippen LogP contribution is -2.34. The summed E-state index contributed by atoms with van der Waals surface area (Å²) in [6.07, 6.45) is 3.31. The number of carbonyl (C=O) groups is 2. The molecule has 3 rings (SSSR count). The maximum atomic E-state index is 12.5. The Labute approximate surface area is 187 Å². The van der Waals surface area contributed by atoms with Crippen LogP contribution in [-0.4, -0.2) is 45.0 Å². The molecule has 3 aromatic rings. The normalized spacial score (nSPS) is 10.9. The number of benzene rings is 1. The van der Waals surface area contributed by atoms with E-state index >= 15 is 0 Å². The van der Waals surface area contributed by atoms with E-state index in [0.29, 0.717) is 30.3 Å². The van der Waals surface area contributed by atoms with Crippen LogP contribution >= 0.6 is 11.3 Å². The number of carbonyl (C=O) groups excluding carboxylic acids is 2. The molecule has 0 spiro atoms. The van der Waals surface area contributed by atoms with Crippen molar-refractivity contribution in [3.05, 3.63) is 69.4 Å². The third-order valence-corrected chi connectivity index (χ3v) is 5.08. The Bertz CT molecular complexity index is 1090. The lowest BCUT2D eigenvalue weighted by molar-refractivity contribution is -0.384. The van der Waals surface area contributed by atoms with Gasteiger partial charge in [-0.25, -0.2) is 4.79 Å². The molecule has 32 heavy (non-hydrogen) atoms. The highest BCUT2D eigenvalue weighted by molar-refractivity contribution is 7.13. The predicted octanol–water partition coefficient (Wildman–Crippen LogP) is 3.70. The van der Waals surface area contributed by atoms with E-state index in [1.54, 1.807) is 0 Å². The van der Waals surface area contributed by atoms with Gasteiger partial charge in [0.1, 0.15) is 0 Å². The zero-order chi connectivity index (χ0) is 22.9. The standard InChI is InChI=1S/C21H20N4O6S/c1-2-11-24(13-18-22-23-21(31-18)17-4-3-12-32-17)19(26)14-30-20(27)10-7-15-5-8-16(9-6-15)25(28)29/h3-10,12H,2,11,13-14H2,1H3/b10-7+. The van der Waals surface area contributed by atoms with E-state index in [9.17, 15) is 19.7 Å². The van der Waals surface area contributed by atoms with E-state index in [1.807, 2.05) is 24.4 Å². The summed E-state index contributed by atoms with van der Waals surface area (Å²) in [5.41, 5.74) is 0.541. The topological polar surface area (TPSA) is 129 Å². The summed E-state index contributed by atoms with van der Waals surface area (Å²) < 4.78 is 10.7. The van der Waals surface area contributed by atoms with E-state index < -0.39 is 17.5 Å². The van der Waals surface area contributed by atoms with Gasteiger partial charge in [0.25, 0.3) is 17.5 Å². The summed E-state index contributed by atoms with van der Waals surface area (Å²) in [6.45, 7) is 2.03. The Morgan fingerprint density at radius 3 is 2.69 bits per heavy atom. The smallest absolute Gasteiger partial charge is 0.331 e. The van der Waals surface area contributed by atoms with E-state index in [1.165, 1.54) is 46.6 Å². The number of hydrogen-bond acceptors (Lipinski definition) is 9. The van der Waals surface area contributed by atoms with Crippen LogP contribution in [-0.2, 0) is 20.9 Å². The fourth-order valence-corrected chi connectivity index (χ4v) is 3.33. The summed E-state index contributed by atoms with van der Waals surface area (Å²) in [6, 6.07) is 9.41. The van der Waals surface area contributed by atoms with Crippen molar-refractivity contribution in [2.45, 2.75) is 19.9 Å². The number of aromatic nitrogens is 2. The average Bonchev–Trinajstić information content (AvgIpc) is 3.48. The van der Waals surface area contributed by atoms with Crippen molar-refractivity contribution >= 4 is 35.0 Å². The van der Waals surface area contributed by atoms with Crippen LogP contribution in [0.15, 0.2) is 52.3 Å². The van der Waals surface area contributed by atoms with E-state index in [-0.39, 0.29) is 18.1 Å². The fraction of sp³-hybridized carbons (Fsp3) is 0.238. The maximum Gasteiger partial charge on any atom is 0.331 e. The first kappa shape index (κ1) is 22.8. The lowest BCUT2D eigenvalue weighted by atomic mass is 10.2. The molecule has 2 aromatic heterocycles. The summed E-state index contributed by atoms with van der Waals surface area (Å²) in [4.78, 5) is 36.9. The number of esters is 1. The van der Waals surface area contributed by atoms with Gasteiger partial charge in [-0.2, -0.15) is 0 Å². The molecule has 10 nitrogen and oxygen atoms in total. The summed E-state index contributed by atoms with van der Waals surface area (Å²) in [5.74, 6) is -0.410. The van der Waals surface area contributed by atoms with Gasteiger partial charge in [-0.3, -0.25) is 14.9 Å². The largest absolute Gasteiger partial charge is 0.452 e. The molecule has 166 valence electrons. The molecule has 2 heterocycles. The number of non-ortho nitro benzene ring substituents is 1. The van der Waals surface area contributed by atoms with Gasteiger partial charge in [0.15, 0.2) is 6.61 Å².